The molecule has 14 nitrogen and oxygen atoms in total. The number of phenolic OH excluding ortho intramolecular Hbond substituents is 10. The molecule has 0 bridgehead atoms. The van der Waals surface area contributed by atoms with Gasteiger partial charge in [-0.2, -0.15) is 0 Å². The predicted octanol–water partition coefficient (Wildman–Crippen LogP) is 10.7. The maximum absolute atomic E-state index is 16.0. The molecule has 1 aliphatic carbocycles. The van der Waals surface area contributed by atoms with Crippen molar-refractivity contribution in [3.63, 3.8) is 0 Å². The molecule has 0 aromatic heterocycles. The third-order valence-electron chi connectivity index (χ3n) is 15.4. The van der Waals surface area contributed by atoms with E-state index < -0.39 is 109 Å². The Morgan fingerprint density at radius 3 is 1.70 bits per heavy atom. The second-order valence-corrected chi connectivity index (χ2v) is 24.6. The molecule has 0 radical (unpaired) electrons. The number of hydrogen-bond donors (Lipinski definition) is 10. The van der Waals surface area contributed by atoms with Crippen LogP contribution in [0, 0.1) is 17.8 Å². The van der Waals surface area contributed by atoms with E-state index in [-0.39, 0.29) is 61.4 Å². The number of hydrogen-bond acceptors (Lipinski definition) is 13. The number of fused-ring (bicyclic) bond motifs is 3. The quantitative estimate of drug-likeness (QED) is 0.0375. The van der Waals surface area contributed by atoms with E-state index in [0.29, 0.717) is 36.0 Å². The molecule has 70 heavy (non-hydrogen) atoms. The Labute approximate surface area is 410 Å². The van der Waals surface area contributed by atoms with Gasteiger partial charge in [0.1, 0.15) is 45.7 Å². The van der Waals surface area contributed by atoms with Crippen LogP contribution in [0.2, 0.25) is 0 Å². The third kappa shape index (κ3) is 6.91. The van der Waals surface area contributed by atoms with Crippen LogP contribution in [0.1, 0.15) is 157 Å². The van der Waals surface area contributed by atoms with Crippen molar-refractivity contribution < 1.29 is 60.6 Å². The first-order valence-corrected chi connectivity index (χ1v) is 24.0. The van der Waals surface area contributed by atoms with Gasteiger partial charge in [0.05, 0.1) is 17.1 Å². The summed E-state index contributed by atoms with van der Waals surface area (Å²) in [6, 6.07) is 1.34. The van der Waals surface area contributed by atoms with E-state index in [4.69, 9.17) is 4.74 Å². The highest BCUT2D eigenvalue weighted by Crippen LogP contribution is 2.67. The highest BCUT2D eigenvalue weighted by molar-refractivity contribution is 6.99. The minimum absolute atomic E-state index is 0.0758. The van der Waals surface area contributed by atoms with Crippen LogP contribution in [-0.4, -0.2) is 63.7 Å². The average molecular weight is 961 g/mol. The number of benzene rings is 4. The zero-order valence-corrected chi connectivity index (χ0v) is 43.3. The molecule has 0 spiro atoms. The van der Waals surface area contributed by atoms with Crippen LogP contribution in [-0.2, 0) is 26.6 Å². The number of allylic oxidation sites excluding steroid dienone is 3. The minimum atomic E-state index is -1.36. The minimum Gasteiger partial charge on any atom is -0.506 e. The van der Waals surface area contributed by atoms with Gasteiger partial charge in [-0.3, -0.25) is 14.6 Å². The lowest BCUT2D eigenvalue weighted by Gasteiger charge is -2.54. The number of carbonyl (C=O) groups excluding carboxylic acids is 1. The van der Waals surface area contributed by atoms with Gasteiger partial charge in [-0.25, -0.2) is 0 Å². The summed E-state index contributed by atoms with van der Waals surface area (Å²) in [6.45, 7) is 28.3. The number of anilines is 5. The molecule has 1 amide bonds. The van der Waals surface area contributed by atoms with Crippen LogP contribution in [0.4, 0.5) is 28.4 Å². The zero-order valence-electron chi connectivity index (χ0n) is 43.3. The number of nitrogens with zero attached hydrogens (tertiary/aromatic N) is 2. The summed E-state index contributed by atoms with van der Waals surface area (Å²) < 4.78 is 6.84. The fourth-order valence-corrected chi connectivity index (χ4v) is 11.3. The molecule has 374 valence electrons. The Bertz CT molecular complexity index is 3020. The molecule has 4 aliphatic rings. The number of phenols is 10. The largest absolute Gasteiger partial charge is 0.506 e. The number of rotatable bonds is 6. The van der Waals surface area contributed by atoms with Crippen molar-refractivity contribution in [2.45, 2.75) is 158 Å². The number of ether oxygens (including phenoxy) is 1. The van der Waals surface area contributed by atoms with E-state index in [0.717, 1.165) is 11.3 Å². The van der Waals surface area contributed by atoms with Crippen molar-refractivity contribution in [2.24, 2.45) is 10.8 Å². The fourth-order valence-electron chi connectivity index (χ4n) is 11.3. The monoisotopic (exact) mass is 960 g/mol. The van der Waals surface area contributed by atoms with Crippen LogP contribution in [0.5, 0.6) is 63.2 Å². The summed E-state index contributed by atoms with van der Waals surface area (Å²) in [5.41, 5.74) is -4.69. The molecule has 8 rings (SSSR count). The summed E-state index contributed by atoms with van der Waals surface area (Å²) in [5, 5.41) is 123. The summed E-state index contributed by atoms with van der Waals surface area (Å²) in [5.74, 6) is -8.00. The maximum Gasteiger partial charge on any atom is 0.262 e. The molecule has 3 aliphatic heterocycles. The van der Waals surface area contributed by atoms with E-state index in [1.54, 1.807) is 33.8 Å². The molecule has 15 heteroatoms. The average Bonchev–Trinajstić information content (AvgIpc) is 3.23. The summed E-state index contributed by atoms with van der Waals surface area (Å²) in [4.78, 5) is 18.0. The standard InChI is InChI=1S/C55H69BN2O12/c1-17-25(51(6,7)8)22-27-49(69)58(38-46(67)43(64)31(52(9,10)11)44(65)47(38)68)36-32-35(39(60)24(2)40(36)61)57(34-28(59)23-26(41(62)45(34)66)53(12,13)19-18-50(3,4)5)37-33(56(27)32)48-30-29(42(37)63)54(14,15)20-21-55(30,16)70-48/h17,22-23,59-68H,18-21H2,1-16H3/b25-17+,27-22+. The molecular formula is C55H69BN2O12. The first-order valence-electron chi connectivity index (χ1n) is 24.0. The lowest BCUT2D eigenvalue weighted by molar-refractivity contribution is -0.114. The number of aromatic hydroxyl groups is 10. The molecule has 4 aromatic carbocycles. The zero-order chi connectivity index (χ0) is 52.4. The Hall–Kier alpha value is -6.51. The molecular weight excluding hydrogens is 891 g/mol. The van der Waals surface area contributed by atoms with Gasteiger partial charge in [0, 0.05) is 33.3 Å². The van der Waals surface area contributed by atoms with E-state index in [2.05, 4.69) is 20.8 Å². The van der Waals surface area contributed by atoms with Gasteiger partial charge in [-0.15, -0.1) is 0 Å². The van der Waals surface area contributed by atoms with E-state index >= 15 is 4.79 Å². The van der Waals surface area contributed by atoms with Crippen LogP contribution in [0.15, 0.2) is 29.3 Å². The third-order valence-corrected chi connectivity index (χ3v) is 15.4. The Morgan fingerprint density at radius 1 is 0.657 bits per heavy atom. The molecule has 0 saturated carbocycles. The lowest BCUT2D eigenvalue weighted by atomic mass is 9.31. The Kier molecular flexibility index (Phi) is 10.9. The number of carbonyl (C=O) groups is 1. The van der Waals surface area contributed by atoms with Crippen molar-refractivity contribution in [1.82, 2.24) is 0 Å². The smallest absolute Gasteiger partial charge is 0.262 e. The predicted molar refractivity (Wildman–Crippen MR) is 273 cm³/mol. The molecule has 1 unspecified atom stereocenters. The second-order valence-electron chi connectivity index (χ2n) is 24.6. The molecule has 0 saturated heterocycles. The van der Waals surface area contributed by atoms with Gasteiger partial charge < -0.3 is 55.8 Å². The first kappa shape index (κ1) is 49.9. The Balaban J connectivity index is 1.61. The first-order chi connectivity index (χ1) is 32.0. The van der Waals surface area contributed by atoms with E-state index in [1.807, 2.05) is 61.5 Å². The van der Waals surface area contributed by atoms with Crippen molar-refractivity contribution in [2.75, 3.05) is 9.80 Å². The van der Waals surface area contributed by atoms with Crippen molar-refractivity contribution >= 4 is 52.0 Å². The van der Waals surface area contributed by atoms with Gasteiger partial charge in [-0.05, 0) is 96.1 Å². The summed E-state index contributed by atoms with van der Waals surface area (Å²) in [6.07, 6.45) is 5.85. The number of amides is 1. The fraction of sp³-hybridized carbons (Fsp3) is 0.473. The van der Waals surface area contributed by atoms with Crippen molar-refractivity contribution in [1.29, 1.82) is 0 Å². The van der Waals surface area contributed by atoms with Crippen molar-refractivity contribution in [3.8, 4) is 63.2 Å². The highest BCUT2D eigenvalue weighted by Gasteiger charge is 2.60. The molecule has 0 fully saturated rings. The lowest BCUT2D eigenvalue weighted by Crippen LogP contribution is -2.62. The topological polar surface area (TPSA) is 235 Å². The van der Waals surface area contributed by atoms with E-state index in [1.165, 1.54) is 17.9 Å². The second kappa shape index (κ2) is 15.2. The summed E-state index contributed by atoms with van der Waals surface area (Å²) in [7, 11) is 0. The van der Waals surface area contributed by atoms with Gasteiger partial charge in [-0.1, -0.05) is 102 Å². The summed E-state index contributed by atoms with van der Waals surface area (Å²) >= 11 is 0. The Morgan fingerprint density at radius 2 is 1.19 bits per heavy atom. The van der Waals surface area contributed by atoms with Gasteiger partial charge in [0.25, 0.3) is 12.6 Å². The molecule has 3 heterocycles. The van der Waals surface area contributed by atoms with Crippen LogP contribution >= 0.6 is 0 Å². The maximum atomic E-state index is 16.0. The van der Waals surface area contributed by atoms with Crippen molar-refractivity contribution in [3.05, 3.63) is 57.1 Å². The van der Waals surface area contributed by atoms with Gasteiger partial charge >= 0.3 is 0 Å². The van der Waals surface area contributed by atoms with Crippen LogP contribution < -0.4 is 25.5 Å². The molecule has 1 atom stereocenters. The van der Waals surface area contributed by atoms with E-state index in [9.17, 15) is 51.1 Å². The highest BCUT2D eigenvalue weighted by atomic mass is 16.5. The molecule has 10 N–H and O–H groups in total. The van der Waals surface area contributed by atoms with Gasteiger partial charge in [0.2, 0.25) is 0 Å². The normalized spacial score (nSPS) is 19.2. The van der Waals surface area contributed by atoms with Gasteiger partial charge in [0.15, 0.2) is 34.5 Å². The van der Waals surface area contributed by atoms with Crippen LogP contribution in [0.3, 0.4) is 0 Å². The SMILES string of the molecule is C/C=C(\C=C1\B2c3c4c5c(c(O)c3N(c3c(O)cc(C(C)(C)CCC(C)(C)C)c(O)c3O)c3c(O)c(C)c(O)c(c32)N(c2c(O)c(O)c(C(C)(C)C)c(O)c2O)C1=O)C(C)(C)CCC5(C)O4)C(C)(C)C. The van der Waals surface area contributed by atoms with Crippen LogP contribution in [0.25, 0.3) is 0 Å². The molecule has 4 aromatic rings.